The van der Waals surface area contributed by atoms with Crippen molar-refractivity contribution in [3.63, 3.8) is 0 Å². The van der Waals surface area contributed by atoms with E-state index in [9.17, 15) is 27.5 Å². The Morgan fingerprint density at radius 2 is 1.77 bits per heavy atom. The number of likely N-dealkylation sites (tertiary alicyclic amines) is 2. The highest BCUT2D eigenvalue weighted by Gasteiger charge is 2.39. The van der Waals surface area contributed by atoms with Crippen molar-refractivity contribution in [3.8, 4) is 0 Å². The summed E-state index contributed by atoms with van der Waals surface area (Å²) >= 11 is 0. The topological polar surface area (TPSA) is 43.8 Å². The fourth-order valence-corrected chi connectivity index (χ4v) is 2.85. The third-order valence-corrected chi connectivity index (χ3v) is 4.19. The Morgan fingerprint density at radius 1 is 1.09 bits per heavy atom. The average Bonchev–Trinajstić information content (AvgIpc) is 2.85. The average molecular weight is 318 g/mol. The molecular formula is C14H14F4N2O2. The number of hydrogen-bond acceptors (Lipinski definition) is 3. The molecule has 1 aromatic carbocycles. The summed E-state index contributed by atoms with van der Waals surface area (Å²) in [6, 6.07) is 0.419. The van der Waals surface area contributed by atoms with E-state index in [1.54, 1.807) is 0 Å². The first-order valence-electron chi connectivity index (χ1n) is 6.93. The molecule has 2 aliphatic rings. The number of carbonyl (C=O) groups excluding carboxylic acids is 1. The maximum absolute atomic E-state index is 13.6. The van der Waals surface area contributed by atoms with E-state index in [1.165, 1.54) is 4.90 Å². The lowest BCUT2D eigenvalue weighted by Gasteiger charge is -2.44. The zero-order chi connectivity index (χ0) is 16.0. The monoisotopic (exact) mass is 318 g/mol. The van der Waals surface area contributed by atoms with E-state index in [2.05, 4.69) is 0 Å². The van der Waals surface area contributed by atoms with E-state index in [1.807, 2.05) is 4.90 Å². The summed E-state index contributed by atoms with van der Waals surface area (Å²) in [6.45, 7) is 1.79. The van der Waals surface area contributed by atoms with Crippen molar-refractivity contribution < 1.29 is 27.5 Å². The van der Waals surface area contributed by atoms with E-state index in [0.29, 0.717) is 25.6 Å². The van der Waals surface area contributed by atoms with Crippen LogP contribution >= 0.6 is 0 Å². The van der Waals surface area contributed by atoms with Gasteiger partial charge in [0.15, 0.2) is 23.3 Å². The number of halogens is 4. The molecular weight excluding hydrogens is 304 g/mol. The molecule has 3 rings (SSSR count). The predicted octanol–water partition coefficient (Wildman–Crippen LogP) is 1.13. The molecule has 4 nitrogen and oxygen atoms in total. The Labute approximate surface area is 123 Å². The summed E-state index contributed by atoms with van der Waals surface area (Å²) in [5.74, 6) is -8.05. The molecule has 0 aromatic heterocycles. The zero-order valence-corrected chi connectivity index (χ0v) is 11.5. The smallest absolute Gasteiger partial charge is 0.257 e. The van der Waals surface area contributed by atoms with Gasteiger partial charge in [0.05, 0.1) is 11.7 Å². The number of benzene rings is 1. The second kappa shape index (κ2) is 5.51. The van der Waals surface area contributed by atoms with Crippen molar-refractivity contribution >= 4 is 5.91 Å². The van der Waals surface area contributed by atoms with E-state index < -0.39 is 34.7 Å². The van der Waals surface area contributed by atoms with Crippen molar-refractivity contribution in [3.05, 3.63) is 34.9 Å². The molecule has 0 saturated carbocycles. The van der Waals surface area contributed by atoms with Crippen molar-refractivity contribution in [2.45, 2.75) is 18.6 Å². The van der Waals surface area contributed by atoms with E-state index in [-0.39, 0.29) is 25.2 Å². The number of aliphatic hydroxyl groups excluding tert-OH is 1. The molecule has 1 atom stereocenters. The molecule has 0 aliphatic carbocycles. The highest BCUT2D eigenvalue weighted by Crippen LogP contribution is 2.25. The Bertz CT molecular complexity index is 619. The summed E-state index contributed by atoms with van der Waals surface area (Å²) in [6.07, 6.45) is 0.274. The molecule has 2 heterocycles. The molecule has 2 aliphatic heterocycles. The zero-order valence-electron chi connectivity index (χ0n) is 11.5. The standard InChI is InChI=1S/C14H14F4N2O2/c15-10-3-9(11(16)13(18)12(10)17)14(22)20-4-7(5-20)19-2-1-8(21)6-19/h3,7-8,21H,1-2,4-6H2/t8-/m1/s1. The predicted molar refractivity (Wildman–Crippen MR) is 68.2 cm³/mol. The normalized spacial score (nSPS) is 23.0. The number of aliphatic hydroxyl groups is 1. The Balaban J connectivity index is 1.69. The van der Waals surface area contributed by atoms with Gasteiger partial charge >= 0.3 is 0 Å². The summed E-state index contributed by atoms with van der Waals surface area (Å²) in [7, 11) is 0. The summed E-state index contributed by atoms with van der Waals surface area (Å²) < 4.78 is 52.8. The van der Waals surface area contributed by atoms with Gasteiger partial charge in [-0.15, -0.1) is 0 Å². The molecule has 2 fully saturated rings. The molecule has 1 amide bonds. The van der Waals surface area contributed by atoms with Crippen LogP contribution in [0.3, 0.4) is 0 Å². The fraction of sp³-hybridized carbons (Fsp3) is 0.500. The Hall–Kier alpha value is -1.67. The van der Waals surface area contributed by atoms with Gasteiger partial charge in [0, 0.05) is 32.2 Å². The van der Waals surface area contributed by atoms with Gasteiger partial charge in [-0.3, -0.25) is 9.69 Å². The maximum atomic E-state index is 13.6. The molecule has 120 valence electrons. The van der Waals surface area contributed by atoms with Gasteiger partial charge in [-0.05, 0) is 12.5 Å². The SMILES string of the molecule is O=C(c1cc(F)c(F)c(F)c1F)N1CC(N2CC[C@@H](O)C2)C1. The van der Waals surface area contributed by atoms with Crippen LogP contribution in [0, 0.1) is 23.3 Å². The van der Waals surface area contributed by atoms with Crippen LogP contribution in [0.25, 0.3) is 0 Å². The van der Waals surface area contributed by atoms with Crippen molar-refractivity contribution in [2.24, 2.45) is 0 Å². The lowest BCUT2D eigenvalue weighted by Crippen LogP contribution is -2.60. The van der Waals surface area contributed by atoms with Gasteiger partial charge in [-0.1, -0.05) is 0 Å². The van der Waals surface area contributed by atoms with Crippen LogP contribution in [0.4, 0.5) is 17.6 Å². The Morgan fingerprint density at radius 3 is 2.36 bits per heavy atom. The van der Waals surface area contributed by atoms with Crippen LogP contribution in [-0.2, 0) is 0 Å². The van der Waals surface area contributed by atoms with Crippen LogP contribution in [0.15, 0.2) is 6.07 Å². The summed E-state index contributed by atoms with van der Waals surface area (Å²) in [4.78, 5) is 15.3. The molecule has 0 unspecified atom stereocenters. The van der Waals surface area contributed by atoms with E-state index >= 15 is 0 Å². The van der Waals surface area contributed by atoms with Crippen LogP contribution in [-0.4, -0.2) is 59.1 Å². The molecule has 0 bridgehead atoms. The lowest BCUT2D eigenvalue weighted by atomic mass is 10.0. The highest BCUT2D eigenvalue weighted by atomic mass is 19.2. The minimum Gasteiger partial charge on any atom is -0.392 e. The van der Waals surface area contributed by atoms with Gasteiger partial charge < -0.3 is 10.0 Å². The first-order valence-corrected chi connectivity index (χ1v) is 6.93. The minimum atomic E-state index is -1.98. The van der Waals surface area contributed by atoms with Crippen LogP contribution in [0.1, 0.15) is 16.8 Å². The molecule has 22 heavy (non-hydrogen) atoms. The van der Waals surface area contributed by atoms with Crippen LogP contribution in [0.5, 0.6) is 0 Å². The van der Waals surface area contributed by atoms with Gasteiger partial charge in [0.1, 0.15) is 0 Å². The number of rotatable bonds is 2. The summed E-state index contributed by atoms with van der Waals surface area (Å²) in [5.41, 5.74) is -0.809. The number of hydrogen-bond donors (Lipinski definition) is 1. The second-order valence-corrected chi connectivity index (χ2v) is 5.65. The van der Waals surface area contributed by atoms with Crippen molar-refractivity contribution in [1.29, 1.82) is 0 Å². The van der Waals surface area contributed by atoms with Crippen molar-refractivity contribution in [2.75, 3.05) is 26.2 Å². The molecule has 2 saturated heterocycles. The lowest BCUT2D eigenvalue weighted by molar-refractivity contribution is 0.0294. The third-order valence-electron chi connectivity index (χ3n) is 4.19. The van der Waals surface area contributed by atoms with Gasteiger partial charge in [0.25, 0.3) is 5.91 Å². The van der Waals surface area contributed by atoms with Crippen molar-refractivity contribution in [1.82, 2.24) is 9.80 Å². The molecule has 0 spiro atoms. The van der Waals surface area contributed by atoms with Crippen LogP contribution in [0.2, 0.25) is 0 Å². The molecule has 1 N–H and O–H groups in total. The Kier molecular flexibility index (Phi) is 3.82. The van der Waals surface area contributed by atoms with Gasteiger partial charge in [-0.2, -0.15) is 0 Å². The minimum absolute atomic E-state index is 0.0410. The first kappa shape index (κ1) is 15.2. The first-order chi connectivity index (χ1) is 10.4. The van der Waals surface area contributed by atoms with Crippen LogP contribution < -0.4 is 0 Å². The van der Waals surface area contributed by atoms with Gasteiger partial charge in [0.2, 0.25) is 0 Å². The van der Waals surface area contributed by atoms with Gasteiger partial charge in [-0.25, -0.2) is 17.6 Å². The largest absolute Gasteiger partial charge is 0.392 e. The number of amides is 1. The molecule has 1 aromatic rings. The third kappa shape index (κ3) is 2.46. The molecule has 0 radical (unpaired) electrons. The highest BCUT2D eigenvalue weighted by molar-refractivity contribution is 5.95. The second-order valence-electron chi connectivity index (χ2n) is 5.65. The van der Waals surface area contributed by atoms with E-state index in [4.69, 9.17) is 0 Å². The molecule has 8 heteroatoms. The quantitative estimate of drug-likeness (QED) is 0.505. The number of nitrogens with zero attached hydrogens (tertiary/aromatic N) is 2. The number of β-amino-alcohol motifs (C(OH)–C–C–N with tert-alkyl or cyclic N) is 1. The summed E-state index contributed by atoms with van der Waals surface area (Å²) in [5, 5.41) is 9.45. The number of carbonyl (C=O) groups is 1. The maximum Gasteiger partial charge on any atom is 0.257 e. The van der Waals surface area contributed by atoms with E-state index in [0.717, 1.165) is 0 Å². The fourth-order valence-electron chi connectivity index (χ4n) is 2.85.